The maximum Gasteiger partial charge on any atom is 0.250 e. The minimum Gasteiger partial charge on any atom is -0.396 e. The molecule has 0 bridgehead atoms. The Labute approximate surface area is 115 Å². The molecule has 0 saturated carbocycles. The molecular formula is C13H16N4OS. The van der Waals surface area contributed by atoms with Crippen LogP contribution < -0.4 is 16.8 Å². The molecule has 2 aromatic rings. The van der Waals surface area contributed by atoms with E-state index in [0.717, 1.165) is 17.2 Å². The predicted octanol–water partition coefficient (Wildman–Crippen LogP) is 2.44. The Bertz CT molecular complexity index is 621. The van der Waals surface area contributed by atoms with Crippen LogP contribution in [0, 0.1) is 6.92 Å². The van der Waals surface area contributed by atoms with Gasteiger partial charge in [0, 0.05) is 4.88 Å². The molecule has 5 N–H and O–H groups in total. The van der Waals surface area contributed by atoms with E-state index < -0.39 is 5.91 Å². The lowest BCUT2D eigenvalue weighted by Crippen LogP contribution is -2.14. The van der Waals surface area contributed by atoms with E-state index in [2.05, 4.69) is 17.2 Å². The monoisotopic (exact) mass is 276 g/mol. The van der Waals surface area contributed by atoms with Gasteiger partial charge in [-0.05, 0) is 25.5 Å². The van der Waals surface area contributed by atoms with Gasteiger partial charge in [0.1, 0.15) is 0 Å². The molecule has 0 spiro atoms. The van der Waals surface area contributed by atoms with Crippen LogP contribution in [0.2, 0.25) is 0 Å². The molecule has 0 atom stereocenters. The Hall–Kier alpha value is -2.08. The Morgan fingerprint density at radius 3 is 2.79 bits per heavy atom. The van der Waals surface area contributed by atoms with Gasteiger partial charge in [-0.2, -0.15) is 0 Å². The standard InChI is InChI=1S/C13H16N4OS/c1-3-9-7(2)19-13(16-9)17-10-6-4-5-8(11(10)14)12(15)18/h4-6H,3,14H2,1-2H3,(H2,15,18)(H,16,17). The highest BCUT2D eigenvalue weighted by Gasteiger charge is 2.11. The van der Waals surface area contributed by atoms with E-state index in [0.29, 0.717) is 16.9 Å². The Morgan fingerprint density at radius 1 is 1.47 bits per heavy atom. The number of hydrogen-bond acceptors (Lipinski definition) is 5. The zero-order valence-electron chi connectivity index (χ0n) is 10.9. The van der Waals surface area contributed by atoms with Crippen LogP contribution in [-0.2, 0) is 6.42 Å². The first-order valence-corrected chi connectivity index (χ1v) is 6.76. The summed E-state index contributed by atoms with van der Waals surface area (Å²) in [6.45, 7) is 4.10. The van der Waals surface area contributed by atoms with Crippen LogP contribution in [0.3, 0.4) is 0 Å². The van der Waals surface area contributed by atoms with Gasteiger partial charge in [0.2, 0.25) is 0 Å². The van der Waals surface area contributed by atoms with Gasteiger partial charge < -0.3 is 16.8 Å². The number of primary amides is 1. The quantitative estimate of drug-likeness (QED) is 0.747. The van der Waals surface area contributed by atoms with Gasteiger partial charge in [-0.1, -0.05) is 13.0 Å². The number of para-hydroxylation sites is 1. The number of carbonyl (C=O) groups excluding carboxylic acids is 1. The van der Waals surface area contributed by atoms with Crippen molar-refractivity contribution in [2.45, 2.75) is 20.3 Å². The maximum atomic E-state index is 11.2. The molecule has 0 aliphatic heterocycles. The number of benzene rings is 1. The first-order valence-electron chi connectivity index (χ1n) is 5.94. The molecule has 6 heteroatoms. The lowest BCUT2D eigenvalue weighted by atomic mass is 10.1. The number of hydrogen-bond donors (Lipinski definition) is 3. The zero-order chi connectivity index (χ0) is 14.0. The van der Waals surface area contributed by atoms with Crippen LogP contribution in [0.4, 0.5) is 16.5 Å². The SMILES string of the molecule is CCc1nc(Nc2cccc(C(N)=O)c2N)sc1C. The number of amides is 1. The average molecular weight is 276 g/mol. The van der Waals surface area contributed by atoms with E-state index in [9.17, 15) is 4.79 Å². The molecule has 1 amide bonds. The van der Waals surface area contributed by atoms with Crippen molar-refractivity contribution < 1.29 is 4.79 Å². The van der Waals surface area contributed by atoms with Crippen LogP contribution in [0.25, 0.3) is 0 Å². The second kappa shape index (κ2) is 5.27. The second-order valence-corrected chi connectivity index (χ2v) is 5.33. The molecule has 5 nitrogen and oxygen atoms in total. The van der Waals surface area contributed by atoms with Gasteiger partial charge in [0.25, 0.3) is 5.91 Å². The van der Waals surface area contributed by atoms with E-state index in [1.807, 2.05) is 6.92 Å². The number of rotatable bonds is 4. The Morgan fingerprint density at radius 2 is 2.21 bits per heavy atom. The van der Waals surface area contributed by atoms with Crippen molar-refractivity contribution in [3.63, 3.8) is 0 Å². The third-order valence-electron chi connectivity index (χ3n) is 2.84. The number of carbonyl (C=O) groups is 1. The van der Waals surface area contributed by atoms with Crippen LogP contribution in [0.5, 0.6) is 0 Å². The molecule has 1 heterocycles. The third-order valence-corrected chi connectivity index (χ3v) is 3.77. The predicted molar refractivity (Wildman–Crippen MR) is 78.9 cm³/mol. The molecule has 19 heavy (non-hydrogen) atoms. The van der Waals surface area contributed by atoms with Gasteiger partial charge in [0.15, 0.2) is 5.13 Å². The van der Waals surface area contributed by atoms with E-state index >= 15 is 0 Å². The fraction of sp³-hybridized carbons (Fsp3) is 0.231. The summed E-state index contributed by atoms with van der Waals surface area (Å²) in [5.41, 5.74) is 13.6. The molecule has 0 fully saturated rings. The highest BCUT2D eigenvalue weighted by molar-refractivity contribution is 7.15. The van der Waals surface area contributed by atoms with Crippen molar-refractivity contribution in [2.24, 2.45) is 5.73 Å². The zero-order valence-corrected chi connectivity index (χ0v) is 11.7. The second-order valence-electron chi connectivity index (χ2n) is 4.13. The van der Waals surface area contributed by atoms with Crippen molar-refractivity contribution in [1.29, 1.82) is 0 Å². The molecule has 1 aromatic carbocycles. The summed E-state index contributed by atoms with van der Waals surface area (Å²) in [6, 6.07) is 5.14. The van der Waals surface area contributed by atoms with Crippen LogP contribution >= 0.6 is 11.3 Å². The van der Waals surface area contributed by atoms with Gasteiger partial charge in [-0.3, -0.25) is 4.79 Å². The van der Waals surface area contributed by atoms with Crippen LogP contribution in [0.1, 0.15) is 27.9 Å². The van der Waals surface area contributed by atoms with E-state index in [1.165, 1.54) is 4.88 Å². The fourth-order valence-corrected chi connectivity index (χ4v) is 2.73. The number of aromatic nitrogens is 1. The summed E-state index contributed by atoms with van der Waals surface area (Å²) in [6.07, 6.45) is 0.890. The molecule has 0 aliphatic carbocycles. The Balaban J connectivity index is 2.33. The summed E-state index contributed by atoms with van der Waals surface area (Å²) < 4.78 is 0. The van der Waals surface area contributed by atoms with Crippen molar-refractivity contribution in [2.75, 3.05) is 11.1 Å². The number of nitrogens with two attached hydrogens (primary N) is 2. The number of nitrogens with one attached hydrogen (secondary N) is 1. The first-order chi connectivity index (χ1) is 9.02. The van der Waals surface area contributed by atoms with Crippen molar-refractivity contribution in [3.05, 3.63) is 34.3 Å². The Kier molecular flexibility index (Phi) is 3.71. The lowest BCUT2D eigenvalue weighted by Gasteiger charge is -2.09. The topological polar surface area (TPSA) is 94.0 Å². The van der Waals surface area contributed by atoms with Gasteiger partial charge in [-0.25, -0.2) is 4.98 Å². The van der Waals surface area contributed by atoms with Gasteiger partial charge in [-0.15, -0.1) is 11.3 Å². The van der Waals surface area contributed by atoms with E-state index in [-0.39, 0.29) is 0 Å². The van der Waals surface area contributed by atoms with Crippen molar-refractivity contribution >= 4 is 33.8 Å². The smallest absolute Gasteiger partial charge is 0.250 e. The average Bonchev–Trinajstić information content (AvgIpc) is 2.71. The molecule has 2 rings (SSSR count). The molecular weight excluding hydrogens is 260 g/mol. The summed E-state index contributed by atoms with van der Waals surface area (Å²) in [7, 11) is 0. The minimum absolute atomic E-state index is 0.314. The van der Waals surface area contributed by atoms with E-state index in [1.54, 1.807) is 29.5 Å². The summed E-state index contributed by atoms with van der Waals surface area (Å²) in [5, 5.41) is 3.90. The van der Waals surface area contributed by atoms with Gasteiger partial charge >= 0.3 is 0 Å². The van der Waals surface area contributed by atoms with Gasteiger partial charge in [0.05, 0.1) is 22.6 Å². The molecule has 1 aromatic heterocycles. The third kappa shape index (κ3) is 2.68. The van der Waals surface area contributed by atoms with Crippen LogP contribution in [-0.4, -0.2) is 10.9 Å². The molecule has 0 unspecified atom stereocenters. The summed E-state index contributed by atoms with van der Waals surface area (Å²) in [4.78, 5) is 16.9. The fourth-order valence-electron chi connectivity index (χ4n) is 1.81. The number of thiazole rings is 1. The molecule has 0 radical (unpaired) electrons. The largest absolute Gasteiger partial charge is 0.396 e. The highest BCUT2D eigenvalue weighted by Crippen LogP contribution is 2.29. The number of aryl methyl sites for hydroxylation is 2. The minimum atomic E-state index is -0.536. The number of anilines is 3. The number of nitrogen functional groups attached to an aromatic ring is 1. The van der Waals surface area contributed by atoms with Crippen molar-refractivity contribution in [1.82, 2.24) is 4.98 Å². The van der Waals surface area contributed by atoms with Crippen molar-refractivity contribution in [3.8, 4) is 0 Å². The lowest BCUT2D eigenvalue weighted by molar-refractivity contribution is 0.100. The highest BCUT2D eigenvalue weighted by atomic mass is 32.1. The van der Waals surface area contributed by atoms with E-state index in [4.69, 9.17) is 11.5 Å². The normalized spacial score (nSPS) is 10.4. The maximum absolute atomic E-state index is 11.2. The first kappa shape index (κ1) is 13.4. The number of nitrogens with zero attached hydrogens (tertiary/aromatic N) is 1. The summed E-state index contributed by atoms with van der Waals surface area (Å²) in [5.74, 6) is -0.536. The molecule has 0 aliphatic rings. The summed E-state index contributed by atoms with van der Waals surface area (Å²) >= 11 is 1.56. The molecule has 0 saturated heterocycles. The van der Waals surface area contributed by atoms with Crippen LogP contribution in [0.15, 0.2) is 18.2 Å². The molecule has 100 valence electrons.